The molecule has 4 nitrogen and oxygen atoms in total. The zero-order valence-corrected chi connectivity index (χ0v) is 24.5. The molecule has 2 heterocycles. The van der Waals surface area contributed by atoms with Gasteiger partial charge in [0.1, 0.15) is 5.52 Å². The van der Waals surface area contributed by atoms with Crippen LogP contribution in [-0.2, 0) is 0 Å². The summed E-state index contributed by atoms with van der Waals surface area (Å²) in [4.78, 5) is 7.84. The second-order valence-electron chi connectivity index (χ2n) is 11.2. The first-order chi connectivity index (χ1) is 21.7. The van der Waals surface area contributed by atoms with E-state index in [4.69, 9.17) is 4.42 Å². The second kappa shape index (κ2) is 10.6. The molecule has 206 valence electrons. The van der Waals surface area contributed by atoms with Gasteiger partial charge in [0, 0.05) is 11.6 Å². The predicted octanol–water partition coefficient (Wildman–Crippen LogP) is 6.33. The van der Waals surface area contributed by atoms with E-state index in [0.29, 0.717) is 11.4 Å². The van der Waals surface area contributed by atoms with Crippen molar-refractivity contribution in [2.45, 2.75) is 0 Å². The van der Waals surface area contributed by atoms with E-state index in [1.165, 1.54) is 21.7 Å². The standard InChI is InChI=1S/C40H24N2O2.Li/c43-36-21-20-31(33-11-6-22-41-39(33)36)38-28-8-2-1-7-26(28)23-34-29-10-5-9-27(30(29)18-19-32(34)38)24-14-16-25(17-15-24)40-42-35-12-3-4-13-37(35)44-40;/h1-23,43H;/q;+1. The SMILES string of the molecule is [Li+].[O-]c1ccc(-c2c3ccccc3cc3c2ccc2c(-c4ccc(-c5nc6ccccc6o5)cc4)cccc23)c2ccc[nH+]c12. The van der Waals surface area contributed by atoms with Gasteiger partial charge in [-0.05, 0) is 96.7 Å². The van der Waals surface area contributed by atoms with E-state index in [0.717, 1.165) is 54.9 Å². The van der Waals surface area contributed by atoms with Gasteiger partial charge >= 0.3 is 18.9 Å². The van der Waals surface area contributed by atoms with E-state index in [-0.39, 0.29) is 24.6 Å². The van der Waals surface area contributed by atoms with Crippen molar-refractivity contribution in [3.63, 3.8) is 0 Å². The molecule has 1 N–H and O–H groups in total. The molecule has 0 aliphatic carbocycles. The molecule has 0 atom stereocenters. The van der Waals surface area contributed by atoms with E-state index >= 15 is 0 Å². The first kappa shape index (κ1) is 27.2. The number of aromatic amines is 1. The van der Waals surface area contributed by atoms with Gasteiger partial charge in [0.25, 0.3) is 0 Å². The third kappa shape index (κ3) is 4.30. The largest absolute Gasteiger partial charge is 1.00 e. The summed E-state index contributed by atoms with van der Waals surface area (Å²) in [5.41, 5.74) is 7.68. The quantitative estimate of drug-likeness (QED) is 0.141. The van der Waals surface area contributed by atoms with Crippen LogP contribution in [0, 0.1) is 0 Å². The Bertz CT molecular complexity index is 2540. The van der Waals surface area contributed by atoms with Crippen molar-refractivity contribution in [3.05, 3.63) is 140 Å². The molecular formula is C40H24LiN2O2+. The van der Waals surface area contributed by atoms with Crippen LogP contribution in [0.1, 0.15) is 0 Å². The fourth-order valence-electron chi connectivity index (χ4n) is 6.65. The summed E-state index contributed by atoms with van der Waals surface area (Å²) < 4.78 is 6.00. The molecule has 45 heavy (non-hydrogen) atoms. The van der Waals surface area contributed by atoms with Crippen molar-refractivity contribution in [2.24, 2.45) is 0 Å². The average Bonchev–Trinajstić information content (AvgIpc) is 3.52. The molecule has 0 aliphatic heterocycles. The number of fused-ring (bicyclic) bond motifs is 6. The van der Waals surface area contributed by atoms with Crippen molar-refractivity contribution >= 4 is 54.3 Å². The average molecular weight is 572 g/mol. The van der Waals surface area contributed by atoms with Gasteiger partial charge in [-0.2, -0.15) is 0 Å². The summed E-state index contributed by atoms with van der Waals surface area (Å²) in [6.07, 6.45) is 1.81. The molecule has 2 aromatic heterocycles. The van der Waals surface area contributed by atoms with Gasteiger partial charge < -0.3 is 9.52 Å². The molecule has 0 radical (unpaired) electrons. The van der Waals surface area contributed by atoms with E-state index in [1.54, 1.807) is 6.07 Å². The first-order valence-electron chi connectivity index (χ1n) is 14.7. The van der Waals surface area contributed by atoms with Crippen molar-refractivity contribution in [2.75, 3.05) is 0 Å². The van der Waals surface area contributed by atoms with Crippen LogP contribution in [-0.4, -0.2) is 4.98 Å². The molecule has 0 saturated carbocycles. The van der Waals surface area contributed by atoms with Gasteiger partial charge in [-0.15, -0.1) is 0 Å². The monoisotopic (exact) mass is 571 g/mol. The van der Waals surface area contributed by atoms with Crippen LogP contribution in [0.25, 0.3) is 88.0 Å². The van der Waals surface area contributed by atoms with E-state index in [9.17, 15) is 5.11 Å². The molecule has 0 aliphatic rings. The molecular weight excluding hydrogens is 547 g/mol. The normalized spacial score (nSPS) is 11.5. The molecule has 0 bridgehead atoms. The second-order valence-corrected chi connectivity index (χ2v) is 11.2. The smallest absolute Gasteiger partial charge is 0.868 e. The molecule has 7 aromatic carbocycles. The Labute approximate surface area is 270 Å². The Kier molecular flexibility index (Phi) is 6.43. The molecule has 0 amide bonds. The van der Waals surface area contributed by atoms with Crippen LogP contribution >= 0.6 is 0 Å². The van der Waals surface area contributed by atoms with Crippen molar-refractivity contribution in [1.82, 2.24) is 4.98 Å². The molecule has 5 heteroatoms. The summed E-state index contributed by atoms with van der Waals surface area (Å²) in [5, 5.41) is 20.7. The third-order valence-electron chi connectivity index (χ3n) is 8.70. The predicted molar refractivity (Wildman–Crippen MR) is 176 cm³/mol. The number of pyridine rings is 1. The van der Waals surface area contributed by atoms with Gasteiger partial charge in [-0.25, -0.2) is 9.97 Å². The topological polar surface area (TPSA) is 63.2 Å². The molecule has 0 spiro atoms. The summed E-state index contributed by atoms with van der Waals surface area (Å²) in [6, 6.07) is 45.7. The van der Waals surface area contributed by atoms with Crippen LogP contribution in [0.2, 0.25) is 0 Å². The number of benzene rings is 7. The summed E-state index contributed by atoms with van der Waals surface area (Å²) >= 11 is 0. The van der Waals surface area contributed by atoms with Crippen LogP contribution in [0.3, 0.4) is 0 Å². The zero-order chi connectivity index (χ0) is 29.2. The summed E-state index contributed by atoms with van der Waals surface area (Å²) in [5.74, 6) is 0.613. The van der Waals surface area contributed by atoms with Gasteiger partial charge in [0.05, 0.1) is 5.39 Å². The van der Waals surface area contributed by atoms with Crippen molar-refractivity contribution in [1.29, 1.82) is 0 Å². The summed E-state index contributed by atoms with van der Waals surface area (Å²) in [6.45, 7) is 0. The van der Waals surface area contributed by atoms with E-state index < -0.39 is 0 Å². The Hall–Kier alpha value is -5.40. The maximum atomic E-state index is 12.7. The molecule has 0 unspecified atom stereocenters. The minimum atomic E-state index is -0.00824. The summed E-state index contributed by atoms with van der Waals surface area (Å²) in [7, 11) is 0. The Morgan fingerprint density at radius 2 is 1.31 bits per heavy atom. The minimum Gasteiger partial charge on any atom is -0.868 e. The molecule has 9 aromatic rings. The van der Waals surface area contributed by atoms with Crippen molar-refractivity contribution in [3.8, 4) is 39.5 Å². The van der Waals surface area contributed by atoms with Crippen LogP contribution in [0.5, 0.6) is 5.75 Å². The number of hydrogen-bond donors (Lipinski definition) is 0. The maximum absolute atomic E-state index is 12.7. The Balaban J connectivity index is 0.00000300. The molecule has 9 rings (SSSR count). The number of nitrogens with one attached hydrogen (secondary N) is 1. The van der Waals surface area contributed by atoms with Crippen molar-refractivity contribution < 1.29 is 33.4 Å². The third-order valence-corrected chi connectivity index (χ3v) is 8.70. The van der Waals surface area contributed by atoms with Crippen LogP contribution < -0.4 is 29.0 Å². The fraction of sp³-hybridized carbons (Fsp3) is 0. The van der Waals surface area contributed by atoms with Gasteiger partial charge in [-0.3, -0.25) is 0 Å². The molecule has 0 fully saturated rings. The Morgan fingerprint density at radius 1 is 0.556 bits per heavy atom. The number of para-hydroxylation sites is 2. The number of hydrogen-bond acceptors (Lipinski definition) is 3. The zero-order valence-electron chi connectivity index (χ0n) is 24.5. The number of oxazole rings is 1. The van der Waals surface area contributed by atoms with E-state index in [1.807, 2.05) is 48.7 Å². The van der Waals surface area contributed by atoms with Gasteiger partial charge in [0.2, 0.25) is 11.4 Å². The van der Waals surface area contributed by atoms with E-state index in [2.05, 4.69) is 94.9 Å². The first-order valence-corrected chi connectivity index (χ1v) is 14.7. The van der Waals surface area contributed by atoms with Crippen LogP contribution in [0.4, 0.5) is 0 Å². The maximum Gasteiger partial charge on any atom is 1.00 e. The number of H-pyrrole nitrogens is 1. The molecule has 0 saturated heterocycles. The fourth-order valence-corrected chi connectivity index (χ4v) is 6.65. The number of aromatic nitrogens is 2. The number of nitrogens with zero attached hydrogens (tertiary/aromatic N) is 1. The van der Waals surface area contributed by atoms with Gasteiger partial charge in [0.15, 0.2) is 11.8 Å². The minimum absolute atomic E-state index is 0. The van der Waals surface area contributed by atoms with Crippen LogP contribution in [0.15, 0.2) is 144 Å². The van der Waals surface area contributed by atoms with Gasteiger partial charge in [-0.1, -0.05) is 91.0 Å². The Morgan fingerprint density at radius 3 is 2.20 bits per heavy atom. The number of rotatable bonds is 3.